The standard InChI is InChI=1S/C17H19F3N2O2/c1-2-9-21-15(23)12-7-10-22(11-8-12)16(24)13-3-5-14(6-4-13)17(18,19)20/h2-6,12H,1,7-11H2,(H,21,23). The molecule has 2 rings (SSSR count). The number of carbonyl (C=O) groups is 2. The minimum Gasteiger partial charge on any atom is -0.352 e. The highest BCUT2D eigenvalue weighted by Gasteiger charge is 2.31. The highest BCUT2D eigenvalue weighted by atomic mass is 19.4. The van der Waals surface area contributed by atoms with Crippen LogP contribution in [0.15, 0.2) is 36.9 Å². The van der Waals surface area contributed by atoms with Crippen molar-refractivity contribution < 1.29 is 22.8 Å². The van der Waals surface area contributed by atoms with Crippen LogP contribution in [0.3, 0.4) is 0 Å². The zero-order valence-electron chi connectivity index (χ0n) is 13.1. The van der Waals surface area contributed by atoms with Crippen LogP contribution in [0.2, 0.25) is 0 Å². The van der Waals surface area contributed by atoms with Gasteiger partial charge in [-0.2, -0.15) is 13.2 Å². The van der Waals surface area contributed by atoms with Crippen LogP contribution >= 0.6 is 0 Å². The molecule has 0 atom stereocenters. The molecule has 7 heteroatoms. The molecular weight excluding hydrogens is 321 g/mol. The first-order chi connectivity index (χ1) is 11.3. The van der Waals surface area contributed by atoms with Gasteiger partial charge in [-0.1, -0.05) is 6.08 Å². The fraction of sp³-hybridized carbons (Fsp3) is 0.412. The first-order valence-corrected chi connectivity index (χ1v) is 7.68. The molecule has 0 unspecified atom stereocenters. The van der Waals surface area contributed by atoms with Gasteiger partial charge in [0.15, 0.2) is 0 Å². The first-order valence-electron chi connectivity index (χ1n) is 7.68. The Morgan fingerprint density at radius 1 is 1.21 bits per heavy atom. The quantitative estimate of drug-likeness (QED) is 0.857. The molecular formula is C17H19F3N2O2. The summed E-state index contributed by atoms with van der Waals surface area (Å²) in [5, 5.41) is 2.73. The van der Waals surface area contributed by atoms with Gasteiger partial charge in [0, 0.05) is 31.1 Å². The molecule has 1 aliphatic rings. The van der Waals surface area contributed by atoms with Gasteiger partial charge in [0.05, 0.1) is 5.56 Å². The average molecular weight is 340 g/mol. The Morgan fingerprint density at radius 2 is 1.79 bits per heavy atom. The lowest BCUT2D eigenvalue weighted by atomic mass is 9.95. The van der Waals surface area contributed by atoms with Gasteiger partial charge in [-0.3, -0.25) is 9.59 Å². The maximum absolute atomic E-state index is 12.5. The molecule has 130 valence electrons. The minimum absolute atomic E-state index is 0.0588. The van der Waals surface area contributed by atoms with Gasteiger partial charge in [-0.15, -0.1) is 6.58 Å². The zero-order chi connectivity index (χ0) is 17.7. The molecule has 1 aromatic carbocycles. The summed E-state index contributed by atoms with van der Waals surface area (Å²) in [6.07, 6.45) is -1.75. The van der Waals surface area contributed by atoms with Crippen molar-refractivity contribution in [2.75, 3.05) is 19.6 Å². The highest BCUT2D eigenvalue weighted by Crippen LogP contribution is 2.29. The summed E-state index contributed by atoms with van der Waals surface area (Å²) in [6, 6.07) is 4.19. The highest BCUT2D eigenvalue weighted by molar-refractivity contribution is 5.94. The summed E-state index contributed by atoms with van der Waals surface area (Å²) >= 11 is 0. The Morgan fingerprint density at radius 3 is 2.29 bits per heavy atom. The summed E-state index contributed by atoms with van der Waals surface area (Å²) in [5.74, 6) is -0.521. The third kappa shape index (κ3) is 4.37. The Hall–Kier alpha value is -2.31. The number of halogens is 3. The molecule has 0 radical (unpaired) electrons. The fourth-order valence-corrected chi connectivity index (χ4v) is 2.65. The monoisotopic (exact) mass is 340 g/mol. The third-order valence-electron chi connectivity index (χ3n) is 4.03. The molecule has 1 saturated heterocycles. The van der Waals surface area contributed by atoms with Crippen molar-refractivity contribution in [2.45, 2.75) is 19.0 Å². The molecule has 2 amide bonds. The van der Waals surface area contributed by atoms with E-state index in [2.05, 4.69) is 11.9 Å². The number of likely N-dealkylation sites (tertiary alicyclic amines) is 1. The molecule has 1 N–H and O–H groups in total. The number of carbonyl (C=O) groups excluding carboxylic acids is 2. The number of nitrogens with zero attached hydrogens (tertiary/aromatic N) is 1. The molecule has 1 aromatic rings. The molecule has 1 fully saturated rings. The van der Waals surface area contributed by atoms with Crippen molar-refractivity contribution in [3.63, 3.8) is 0 Å². The van der Waals surface area contributed by atoms with E-state index in [-0.39, 0.29) is 23.3 Å². The van der Waals surface area contributed by atoms with Crippen LogP contribution in [0.25, 0.3) is 0 Å². The number of nitrogens with one attached hydrogen (secondary N) is 1. The molecule has 0 spiro atoms. The maximum atomic E-state index is 12.5. The Balaban J connectivity index is 1.93. The van der Waals surface area contributed by atoms with Gasteiger partial charge in [-0.05, 0) is 37.1 Å². The van der Waals surface area contributed by atoms with Gasteiger partial charge in [-0.25, -0.2) is 0 Å². The summed E-state index contributed by atoms with van der Waals surface area (Å²) in [5.41, 5.74) is -0.561. The van der Waals surface area contributed by atoms with E-state index in [1.165, 1.54) is 12.1 Å². The number of benzene rings is 1. The molecule has 0 bridgehead atoms. The number of hydrogen-bond acceptors (Lipinski definition) is 2. The Bertz CT molecular complexity index is 603. The largest absolute Gasteiger partial charge is 0.416 e. The molecule has 0 saturated carbocycles. The second-order valence-corrected chi connectivity index (χ2v) is 5.68. The van der Waals surface area contributed by atoms with E-state index in [1.54, 1.807) is 11.0 Å². The lowest BCUT2D eigenvalue weighted by Crippen LogP contribution is -2.43. The Kier molecular flexibility index (Phi) is 5.64. The number of rotatable bonds is 4. The van der Waals surface area contributed by atoms with Gasteiger partial charge in [0.2, 0.25) is 5.91 Å². The van der Waals surface area contributed by atoms with E-state index < -0.39 is 11.7 Å². The zero-order valence-corrected chi connectivity index (χ0v) is 13.1. The van der Waals surface area contributed by atoms with Crippen molar-refractivity contribution in [1.82, 2.24) is 10.2 Å². The van der Waals surface area contributed by atoms with Crippen LogP contribution < -0.4 is 5.32 Å². The van der Waals surface area contributed by atoms with Gasteiger partial charge in [0.1, 0.15) is 0 Å². The molecule has 4 nitrogen and oxygen atoms in total. The van der Waals surface area contributed by atoms with Crippen LogP contribution in [0, 0.1) is 5.92 Å². The molecule has 0 aliphatic carbocycles. The third-order valence-corrected chi connectivity index (χ3v) is 4.03. The maximum Gasteiger partial charge on any atom is 0.416 e. The first kappa shape index (κ1) is 18.0. The SMILES string of the molecule is C=CCNC(=O)C1CCN(C(=O)c2ccc(C(F)(F)F)cc2)CC1. The van der Waals surface area contributed by atoms with E-state index in [4.69, 9.17) is 0 Å². The van der Waals surface area contributed by atoms with E-state index in [9.17, 15) is 22.8 Å². The topological polar surface area (TPSA) is 49.4 Å². The summed E-state index contributed by atoms with van der Waals surface area (Å²) in [6.45, 7) is 4.75. The lowest BCUT2D eigenvalue weighted by molar-refractivity contribution is -0.137. The van der Waals surface area contributed by atoms with Crippen molar-refractivity contribution in [2.24, 2.45) is 5.92 Å². The van der Waals surface area contributed by atoms with Crippen molar-refractivity contribution >= 4 is 11.8 Å². The van der Waals surface area contributed by atoms with Crippen molar-refractivity contribution in [1.29, 1.82) is 0 Å². The summed E-state index contributed by atoms with van der Waals surface area (Å²) < 4.78 is 37.6. The van der Waals surface area contributed by atoms with Crippen LogP contribution in [-0.2, 0) is 11.0 Å². The lowest BCUT2D eigenvalue weighted by Gasteiger charge is -2.31. The predicted octanol–water partition coefficient (Wildman–Crippen LogP) is 2.86. The minimum atomic E-state index is -4.42. The van der Waals surface area contributed by atoms with Crippen LogP contribution in [0.4, 0.5) is 13.2 Å². The Labute approximate surface area is 138 Å². The number of alkyl halides is 3. The second kappa shape index (κ2) is 7.51. The van der Waals surface area contributed by atoms with E-state index >= 15 is 0 Å². The number of piperidine rings is 1. The van der Waals surface area contributed by atoms with Crippen molar-refractivity contribution in [3.05, 3.63) is 48.0 Å². The number of amides is 2. The molecule has 1 aliphatic heterocycles. The number of hydrogen-bond donors (Lipinski definition) is 1. The predicted molar refractivity (Wildman–Crippen MR) is 83.3 cm³/mol. The van der Waals surface area contributed by atoms with E-state index in [1.807, 2.05) is 0 Å². The van der Waals surface area contributed by atoms with Crippen LogP contribution in [-0.4, -0.2) is 36.3 Å². The van der Waals surface area contributed by atoms with Gasteiger partial charge >= 0.3 is 6.18 Å². The van der Waals surface area contributed by atoms with Crippen LogP contribution in [0.5, 0.6) is 0 Å². The van der Waals surface area contributed by atoms with Crippen molar-refractivity contribution in [3.8, 4) is 0 Å². The second-order valence-electron chi connectivity index (χ2n) is 5.68. The molecule has 1 heterocycles. The fourth-order valence-electron chi connectivity index (χ4n) is 2.65. The van der Waals surface area contributed by atoms with E-state index in [0.29, 0.717) is 32.5 Å². The molecule has 0 aromatic heterocycles. The molecule has 24 heavy (non-hydrogen) atoms. The normalized spacial score (nSPS) is 15.9. The smallest absolute Gasteiger partial charge is 0.352 e. The van der Waals surface area contributed by atoms with Gasteiger partial charge < -0.3 is 10.2 Å². The van der Waals surface area contributed by atoms with Gasteiger partial charge in [0.25, 0.3) is 5.91 Å². The summed E-state index contributed by atoms with van der Waals surface area (Å²) in [4.78, 5) is 25.8. The van der Waals surface area contributed by atoms with Crippen LogP contribution in [0.1, 0.15) is 28.8 Å². The summed E-state index contributed by atoms with van der Waals surface area (Å²) in [7, 11) is 0. The average Bonchev–Trinajstić information content (AvgIpc) is 2.58. The van der Waals surface area contributed by atoms with E-state index in [0.717, 1.165) is 12.1 Å².